The monoisotopic (exact) mass is 464 g/mol. The van der Waals surface area contributed by atoms with E-state index in [4.69, 9.17) is 9.47 Å². The Bertz CT molecular complexity index is 1070. The van der Waals surface area contributed by atoms with Gasteiger partial charge in [0.15, 0.2) is 0 Å². The summed E-state index contributed by atoms with van der Waals surface area (Å²) in [7, 11) is 1.58. The van der Waals surface area contributed by atoms with Gasteiger partial charge in [0, 0.05) is 37.3 Å². The van der Waals surface area contributed by atoms with E-state index >= 15 is 0 Å². The number of rotatable bonds is 9. The van der Waals surface area contributed by atoms with Crippen LogP contribution in [0.2, 0.25) is 0 Å². The van der Waals surface area contributed by atoms with Crippen LogP contribution in [0.5, 0.6) is 0 Å². The molecule has 1 unspecified atom stereocenters. The first kappa shape index (κ1) is 25.2. The van der Waals surface area contributed by atoms with Gasteiger partial charge in [0.1, 0.15) is 0 Å². The first-order valence-electron chi connectivity index (χ1n) is 11.5. The number of ether oxygens (including phenoxy) is 2. The quantitative estimate of drug-likeness (QED) is 0.452. The van der Waals surface area contributed by atoms with Crippen molar-refractivity contribution < 1.29 is 23.9 Å². The number of allylic oxidation sites excluding steroid dienone is 1. The van der Waals surface area contributed by atoms with E-state index < -0.39 is 5.97 Å². The van der Waals surface area contributed by atoms with Crippen LogP contribution in [0.3, 0.4) is 0 Å². The Morgan fingerprint density at radius 1 is 1.12 bits per heavy atom. The summed E-state index contributed by atoms with van der Waals surface area (Å²) < 4.78 is 10.3. The fraction of sp³-hybridized carbons (Fsp3) is 0.370. The average Bonchev–Trinajstić information content (AvgIpc) is 2.82. The number of esters is 1. The molecule has 7 nitrogen and oxygen atoms in total. The van der Waals surface area contributed by atoms with Gasteiger partial charge in [-0.15, -0.1) is 0 Å². The van der Waals surface area contributed by atoms with Crippen molar-refractivity contribution in [1.29, 1.82) is 0 Å². The van der Waals surface area contributed by atoms with Gasteiger partial charge in [-0.3, -0.25) is 9.59 Å². The number of methoxy groups -OCH3 is 1. The van der Waals surface area contributed by atoms with Gasteiger partial charge in [0.25, 0.3) is 5.91 Å². The minimum absolute atomic E-state index is 0.0777. The third kappa shape index (κ3) is 5.91. The van der Waals surface area contributed by atoms with Crippen molar-refractivity contribution in [3.8, 4) is 0 Å². The average molecular weight is 465 g/mol. The molecular formula is C27H32N2O5. The van der Waals surface area contributed by atoms with Crippen LogP contribution in [-0.4, -0.2) is 49.6 Å². The molecule has 0 radical (unpaired) electrons. The van der Waals surface area contributed by atoms with E-state index in [0.717, 1.165) is 16.7 Å². The van der Waals surface area contributed by atoms with Crippen LogP contribution < -0.4 is 5.32 Å². The van der Waals surface area contributed by atoms with Crippen molar-refractivity contribution in [3.63, 3.8) is 0 Å². The molecule has 34 heavy (non-hydrogen) atoms. The zero-order valence-electron chi connectivity index (χ0n) is 20.2. The standard InChI is InChI=1S/C27H32N2O5/c1-5-34-27(32)25-19(3)29(24(30)16-23(25)21-11-9-18(2)10-12-21)17-20-7-6-8-22(15-20)26(31)28-13-14-33-4/h6-12,15,23H,5,13-14,16-17H2,1-4H3,(H,28,31). The summed E-state index contributed by atoms with van der Waals surface area (Å²) in [4.78, 5) is 40.2. The van der Waals surface area contributed by atoms with E-state index in [-0.39, 0.29) is 37.3 Å². The second-order valence-corrected chi connectivity index (χ2v) is 8.32. The molecule has 180 valence electrons. The lowest BCUT2D eigenvalue weighted by atomic mass is 9.83. The highest BCUT2D eigenvalue weighted by Gasteiger charge is 2.36. The summed E-state index contributed by atoms with van der Waals surface area (Å²) in [5.74, 6) is -1.05. The van der Waals surface area contributed by atoms with Crippen molar-refractivity contribution in [2.45, 2.75) is 39.7 Å². The maximum absolute atomic E-state index is 13.2. The van der Waals surface area contributed by atoms with Gasteiger partial charge in [0.2, 0.25) is 5.91 Å². The molecule has 1 atom stereocenters. The Morgan fingerprint density at radius 2 is 1.85 bits per heavy atom. The predicted octanol–water partition coefficient (Wildman–Crippen LogP) is 3.72. The van der Waals surface area contributed by atoms with Crippen LogP contribution in [0.4, 0.5) is 0 Å². The van der Waals surface area contributed by atoms with Crippen molar-refractivity contribution in [2.75, 3.05) is 26.9 Å². The van der Waals surface area contributed by atoms with Crippen molar-refractivity contribution in [1.82, 2.24) is 10.2 Å². The molecule has 0 fully saturated rings. The number of amides is 2. The van der Waals surface area contributed by atoms with Gasteiger partial charge in [-0.2, -0.15) is 0 Å². The van der Waals surface area contributed by atoms with E-state index in [2.05, 4.69) is 5.32 Å². The number of aryl methyl sites for hydroxylation is 1. The Balaban J connectivity index is 1.90. The molecular weight excluding hydrogens is 432 g/mol. The van der Waals surface area contributed by atoms with Crippen molar-refractivity contribution in [3.05, 3.63) is 82.1 Å². The van der Waals surface area contributed by atoms with Crippen molar-refractivity contribution in [2.24, 2.45) is 0 Å². The first-order valence-corrected chi connectivity index (χ1v) is 11.5. The van der Waals surface area contributed by atoms with Gasteiger partial charge in [-0.1, -0.05) is 42.0 Å². The van der Waals surface area contributed by atoms with Gasteiger partial charge in [0.05, 0.1) is 25.3 Å². The maximum atomic E-state index is 13.2. The maximum Gasteiger partial charge on any atom is 0.336 e. The fourth-order valence-corrected chi connectivity index (χ4v) is 4.12. The first-order chi connectivity index (χ1) is 16.3. The van der Waals surface area contributed by atoms with Gasteiger partial charge >= 0.3 is 5.97 Å². The topological polar surface area (TPSA) is 84.9 Å². The minimum atomic E-state index is -0.408. The van der Waals surface area contributed by atoms with E-state index in [1.54, 1.807) is 44.1 Å². The highest BCUT2D eigenvalue weighted by molar-refractivity contribution is 5.96. The van der Waals surface area contributed by atoms with Gasteiger partial charge in [-0.25, -0.2) is 4.79 Å². The smallest absolute Gasteiger partial charge is 0.336 e. The van der Waals surface area contributed by atoms with Crippen LogP contribution in [0.1, 0.15) is 53.2 Å². The molecule has 2 amide bonds. The number of hydrogen-bond acceptors (Lipinski definition) is 5. The number of hydrogen-bond donors (Lipinski definition) is 1. The summed E-state index contributed by atoms with van der Waals surface area (Å²) in [6, 6.07) is 15.0. The lowest BCUT2D eigenvalue weighted by Gasteiger charge is -2.34. The highest BCUT2D eigenvalue weighted by atomic mass is 16.5. The molecule has 0 spiro atoms. The van der Waals surface area contributed by atoms with E-state index in [1.807, 2.05) is 37.3 Å². The Morgan fingerprint density at radius 3 is 2.53 bits per heavy atom. The lowest BCUT2D eigenvalue weighted by Crippen LogP contribution is -2.38. The zero-order valence-corrected chi connectivity index (χ0v) is 20.2. The van der Waals surface area contributed by atoms with E-state index in [0.29, 0.717) is 30.0 Å². The molecule has 2 aromatic carbocycles. The van der Waals surface area contributed by atoms with Gasteiger partial charge < -0.3 is 19.7 Å². The summed E-state index contributed by atoms with van der Waals surface area (Å²) in [6.45, 7) is 6.90. The molecule has 0 bridgehead atoms. The van der Waals surface area contributed by atoms with Crippen LogP contribution in [-0.2, 0) is 25.6 Å². The number of nitrogens with zero attached hydrogens (tertiary/aromatic N) is 1. The second kappa shape index (κ2) is 11.6. The van der Waals surface area contributed by atoms with E-state index in [1.165, 1.54) is 0 Å². The molecule has 1 heterocycles. The molecule has 0 saturated heterocycles. The molecule has 0 aliphatic carbocycles. The molecule has 0 aromatic heterocycles. The minimum Gasteiger partial charge on any atom is -0.463 e. The highest BCUT2D eigenvalue weighted by Crippen LogP contribution is 2.37. The number of benzene rings is 2. The zero-order chi connectivity index (χ0) is 24.7. The lowest BCUT2D eigenvalue weighted by molar-refractivity contribution is -0.140. The number of carbonyl (C=O) groups excluding carboxylic acids is 3. The third-order valence-corrected chi connectivity index (χ3v) is 5.92. The van der Waals surface area contributed by atoms with Crippen LogP contribution in [0.25, 0.3) is 0 Å². The molecule has 3 rings (SSSR count). The Hall–Kier alpha value is -3.45. The summed E-state index contributed by atoms with van der Waals surface area (Å²) in [5, 5.41) is 2.80. The normalized spacial score (nSPS) is 15.9. The Labute approximate surface area is 200 Å². The van der Waals surface area contributed by atoms with Crippen LogP contribution in [0.15, 0.2) is 59.8 Å². The molecule has 7 heteroatoms. The van der Waals surface area contributed by atoms with Crippen LogP contribution in [0, 0.1) is 6.92 Å². The Kier molecular flexibility index (Phi) is 8.60. The second-order valence-electron chi connectivity index (χ2n) is 8.32. The van der Waals surface area contributed by atoms with Crippen molar-refractivity contribution >= 4 is 17.8 Å². The van der Waals surface area contributed by atoms with Gasteiger partial charge in [-0.05, 0) is 44.0 Å². The van der Waals surface area contributed by atoms with Crippen LogP contribution >= 0.6 is 0 Å². The number of carbonyl (C=O) groups is 3. The SMILES string of the molecule is CCOC(=O)C1=C(C)N(Cc2cccc(C(=O)NCCOC)c2)C(=O)CC1c1ccc(C)cc1. The molecule has 1 aliphatic rings. The third-order valence-electron chi connectivity index (χ3n) is 5.92. The fourth-order valence-electron chi connectivity index (χ4n) is 4.12. The largest absolute Gasteiger partial charge is 0.463 e. The number of nitrogens with one attached hydrogen (secondary N) is 1. The molecule has 1 aliphatic heterocycles. The summed E-state index contributed by atoms with van der Waals surface area (Å²) in [5.41, 5.74) is 4.40. The molecule has 0 saturated carbocycles. The summed E-state index contributed by atoms with van der Waals surface area (Å²) in [6.07, 6.45) is 0.172. The molecule has 1 N–H and O–H groups in total. The predicted molar refractivity (Wildman–Crippen MR) is 129 cm³/mol. The van der Waals surface area contributed by atoms with E-state index in [9.17, 15) is 14.4 Å². The molecule has 2 aromatic rings. The summed E-state index contributed by atoms with van der Waals surface area (Å²) >= 11 is 0.